The molecule has 0 saturated carbocycles. The highest BCUT2D eigenvalue weighted by atomic mass is 32.2. The maximum absolute atomic E-state index is 12.4. The lowest BCUT2D eigenvalue weighted by Crippen LogP contribution is -2.31. The van der Waals surface area contributed by atoms with E-state index in [1.807, 2.05) is 38.1 Å². The predicted octanol–water partition coefficient (Wildman–Crippen LogP) is 3.43. The number of hydrogen-bond acceptors (Lipinski definition) is 4. The second kappa shape index (κ2) is 6.60. The van der Waals surface area contributed by atoms with Crippen LogP contribution in [0.2, 0.25) is 0 Å². The first kappa shape index (κ1) is 16.0. The largest absolute Gasteiger partial charge is 0.497 e. The summed E-state index contributed by atoms with van der Waals surface area (Å²) in [7, 11) is -1.88. The average molecular weight is 325 g/mol. The SMILES string of the molecule is COc1ccc(C(NS(=O)(=O)c2cccs2)C(C)C)cc1. The molecule has 1 atom stereocenters. The molecular weight excluding hydrogens is 306 g/mol. The minimum atomic E-state index is -3.49. The molecule has 0 aliphatic heterocycles. The highest BCUT2D eigenvalue weighted by molar-refractivity contribution is 7.91. The van der Waals surface area contributed by atoms with E-state index in [4.69, 9.17) is 4.74 Å². The molecule has 0 aliphatic carbocycles. The van der Waals surface area contributed by atoms with Gasteiger partial charge in [0.2, 0.25) is 0 Å². The van der Waals surface area contributed by atoms with E-state index in [0.29, 0.717) is 4.21 Å². The first-order valence-corrected chi connectivity index (χ1v) is 9.00. The highest BCUT2D eigenvalue weighted by Crippen LogP contribution is 2.27. The fraction of sp³-hybridized carbons (Fsp3) is 0.333. The van der Waals surface area contributed by atoms with Gasteiger partial charge in [-0.25, -0.2) is 13.1 Å². The Hall–Kier alpha value is -1.37. The van der Waals surface area contributed by atoms with Gasteiger partial charge in [0.1, 0.15) is 9.96 Å². The molecule has 0 amide bonds. The first-order valence-electron chi connectivity index (χ1n) is 6.64. The van der Waals surface area contributed by atoms with Crippen LogP contribution in [-0.2, 0) is 10.0 Å². The Labute approximate surface area is 129 Å². The van der Waals surface area contributed by atoms with Crippen LogP contribution < -0.4 is 9.46 Å². The number of benzene rings is 1. The van der Waals surface area contributed by atoms with Crippen molar-refractivity contribution in [2.45, 2.75) is 24.1 Å². The Balaban J connectivity index is 2.27. The van der Waals surface area contributed by atoms with E-state index in [2.05, 4.69) is 4.72 Å². The molecule has 0 bridgehead atoms. The average Bonchev–Trinajstić information content (AvgIpc) is 3.00. The van der Waals surface area contributed by atoms with Gasteiger partial charge in [-0.1, -0.05) is 32.0 Å². The number of methoxy groups -OCH3 is 1. The molecule has 0 spiro atoms. The summed E-state index contributed by atoms with van der Waals surface area (Å²) >= 11 is 1.21. The van der Waals surface area contributed by atoms with Crippen LogP contribution in [0.4, 0.5) is 0 Å². The van der Waals surface area contributed by atoms with Crippen molar-refractivity contribution in [3.8, 4) is 5.75 Å². The van der Waals surface area contributed by atoms with Crippen LogP contribution in [0.15, 0.2) is 46.0 Å². The van der Waals surface area contributed by atoms with E-state index in [1.165, 1.54) is 11.3 Å². The van der Waals surface area contributed by atoms with Gasteiger partial charge in [-0.2, -0.15) is 0 Å². The van der Waals surface area contributed by atoms with Crippen molar-refractivity contribution in [1.29, 1.82) is 0 Å². The Morgan fingerprint density at radius 3 is 2.29 bits per heavy atom. The molecule has 1 N–H and O–H groups in total. The summed E-state index contributed by atoms with van der Waals surface area (Å²) in [5.41, 5.74) is 0.922. The molecule has 1 aromatic carbocycles. The number of ether oxygens (including phenoxy) is 1. The Morgan fingerprint density at radius 1 is 1.14 bits per heavy atom. The zero-order chi connectivity index (χ0) is 15.5. The zero-order valence-corrected chi connectivity index (χ0v) is 13.9. The Morgan fingerprint density at radius 2 is 1.81 bits per heavy atom. The molecule has 0 fully saturated rings. The Bertz CT molecular complexity index is 661. The third-order valence-electron chi connectivity index (χ3n) is 3.18. The summed E-state index contributed by atoms with van der Waals surface area (Å²) in [5.74, 6) is 0.885. The van der Waals surface area contributed by atoms with Gasteiger partial charge in [0.15, 0.2) is 0 Å². The van der Waals surface area contributed by atoms with E-state index in [0.717, 1.165) is 11.3 Å². The smallest absolute Gasteiger partial charge is 0.250 e. The molecule has 2 rings (SSSR count). The summed E-state index contributed by atoms with van der Waals surface area (Å²) in [6.07, 6.45) is 0. The topological polar surface area (TPSA) is 55.4 Å². The number of sulfonamides is 1. The van der Waals surface area contributed by atoms with E-state index < -0.39 is 10.0 Å². The summed E-state index contributed by atoms with van der Waals surface area (Å²) in [5, 5.41) is 1.76. The molecule has 1 aromatic heterocycles. The number of nitrogens with one attached hydrogen (secondary N) is 1. The molecular formula is C15H19NO3S2. The normalized spacial score (nSPS) is 13.3. The van der Waals surface area contributed by atoms with E-state index in [-0.39, 0.29) is 12.0 Å². The van der Waals surface area contributed by atoms with Crippen molar-refractivity contribution in [1.82, 2.24) is 4.72 Å². The molecule has 0 saturated heterocycles. The monoisotopic (exact) mass is 325 g/mol. The second-order valence-corrected chi connectivity index (χ2v) is 7.94. The molecule has 0 radical (unpaired) electrons. The van der Waals surface area contributed by atoms with Crippen LogP contribution in [-0.4, -0.2) is 15.5 Å². The van der Waals surface area contributed by atoms with Crippen LogP contribution in [0.1, 0.15) is 25.5 Å². The number of hydrogen-bond donors (Lipinski definition) is 1. The summed E-state index contributed by atoms with van der Waals surface area (Å²) < 4.78 is 33.0. The van der Waals surface area contributed by atoms with Gasteiger partial charge >= 0.3 is 0 Å². The van der Waals surface area contributed by atoms with Crippen molar-refractivity contribution >= 4 is 21.4 Å². The first-order chi connectivity index (χ1) is 9.94. The fourth-order valence-corrected chi connectivity index (χ4v) is 4.42. The molecule has 1 heterocycles. The minimum absolute atomic E-state index is 0.133. The van der Waals surface area contributed by atoms with Gasteiger partial charge < -0.3 is 4.74 Å². The zero-order valence-electron chi connectivity index (χ0n) is 12.2. The minimum Gasteiger partial charge on any atom is -0.497 e. The lowest BCUT2D eigenvalue weighted by Gasteiger charge is -2.22. The van der Waals surface area contributed by atoms with E-state index in [9.17, 15) is 8.42 Å². The third kappa shape index (κ3) is 3.84. The van der Waals surface area contributed by atoms with Crippen molar-refractivity contribution in [2.24, 2.45) is 5.92 Å². The molecule has 114 valence electrons. The fourth-order valence-electron chi connectivity index (χ4n) is 2.04. The lowest BCUT2D eigenvalue weighted by molar-refractivity contribution is 0.413. The highest BCUT2D eigenvalue weighted by Gasteiger charge is 2.24. The lowest BCUT2D eigenvalue weighted by atomic mass is 9.97. The molecule has 21 heavy (non-hydrogen) atoms. The quantitative estimate of drug-likeness (QED) is 0.885. The van der Waals surface area contributed by atoms with Gasteiger partial charge in [0, 0.05) is 6.04 Å². The Kier molecular flexibility index (Phi) is 5.03. The van der Waals surface area contributed by atoms with Crippen LogP contribution in [0, 0.1) is 5.92 Å². The molecule has 1 unspecified atom stereocenters. The van der Waals surface area contributed by atoms with Gasteiger partial charge in [-0.05, 0) is 35.1 Å². The second-order valence-electron chi connectivity index (χ2n) is 5.05. The van der Waals surface area contributed by atoms with Crippen LogP contribution in [0.25, 0.3) is 0 Å². The molecule has 4 nitrogen and oxygen atoms in total. The van der Waals surface area contributed by atoms with Gasteiger partial charge in [0.05, 0.1) is 7.11 Å². The summed E-state index contributed by atoms with van der Waals surface area (Å²) in [6.45, 7) is 3.98. The third-order valence-corrected chi connectivity index (χ3v) is 6.02. The number of rotatable bonds is 6. The van der Waals surface area contributed by atoms with Gasteiger partial charge in [-0.3, -0.25) is 0 Å². The maximum Gasteiger partial charge on any atom is 0.250 e. The molecule has 6 heteroatoms. The predicted molar refractivity (Wildman–Crippen MR) is 85.2 cm³/mol. The maximum atomic E-state index is 12.4. The van der Waals surface area contributed by atoms with Crippen LogP contribution >= 0.6 is 11.3 Å². The van der Waals surface area contributed by atoms with Crippen LogP contribution in [0.3, 0.4) is 0 Å². The molecule has 0 aliphatic rings. The van der Waals surface area contributed by atoms with Crippen molar-refractivity contribution in [2.75, 3.05) is 7.11 Å². The van der Waals surface area contributed by atoms with E-state index in [1.54, 1.807) is 24.6 Å². The summed E-state index contributed by atoms with van der Waals surface area (Å²) in [4.78, 5) is 0. The van der Waals surface area contributed by atoms with Gasteiger partial charge in [0.25, 0.3) is 10.0 Å². The van der Waals surface area contributed by atoms with Crippen molar-refractivity contribution in [3.63, 3.8) is 0 Å². The van der Waals surface area contributed by atoms with Crippen molar-refractivity contribution in [3.05, 3.63) is 47.3 Å². The number of thiophene rings is 1. The van der Waals surface area contributed by atoms with Gasteiger partial charge in [-0.15, -0.1) is 11.3 Å². The summed E-state index contributed by atoms with van der Waals surface area (Å²) in [6, 6.07) is 10.5. The molecule has 2 aromatic rings. The van der Waals surface area contributed by atoms with E-state index >= 15 is 0 Å². The standard InChI is InChI=1S/C15H19NO3S2/c1-11(2)15(12-6-8-13(19-3)9-7-12)16-21(17,18)14-5-4-10-20-14/h4-11,15-16H,1-3H3. The van der Waals surface area contributed by atoms with Crippen LogP contribution in [0.5, 0.6) is 5.75 Å². The van der Waals surface area contributed by atoms with Crippen molar-refractivity contribution < 1.29 is 13.2 Å².